The lowest BCUT2D eigenvalue weighted by Crippen LogP contribution is -2.12. The summed E-state index contributed by atoms with van der Waals surface area (Å²) in [5.41, 5.74) is 9.91. The minimum absolute atomic E-state index is 0.144. The number of nitrogens with zero attached hydrogens (tertiary/aromatic N) is 4. The van der Waals surface area contributed by atoms with Crippen LogP contribution < -0.4 is 5.73 Å². The lowest BCUT2D eigenvalue weighted by molar-refractivity contribution is 0.430. The Hall–Kier alpha value is -4.00. The Labute approximate surface area is 161 Å². The molecule has 0 atom stereocenters. The zero-order valence-electron chi connectivity index (χ0n) is 15.1. The van der Waals surface area contributed by atoms with Gasteiger partial charge < -0.3 is 14.8 Å². The first-order valence-corrected chi connectivity index (χ1v) is 8.62. The average molecular weight is 371 g/mol. The highest BCUT2D eigenvalue weighted by molar-refractivity contribution is 5.96. The summed E-state index contributed by atoms with van der Waals surface area (Å²) in [5.74, 6) is 1.41. The Morgan fingerprint density at radius 3 is 2.36 bits per heavy atom. The predicted octanol–water partition coefficient (Wildman–Crippen LogP) is 4.04. The second kappa shape index (κ2) is 7.71. The molecule has 2 N–H and O–H groups in total. The van der Waals surface area contributed by atoms with Crippen molar-refractivity contribution in [3.63, 3.8) is 0 Å². The van der Waals surface area contributed by atoms with E-state index in [9.17, 15) is 0 Å². The monoisotopic (exact) mass is 371 g/mol. The standard InChI is InChI=1S/C21H17N5O2/c1-14-7-9-16(10-8-14)20-12-18(26-28-20)21(22)24-23-13-17-11-19(27-25-17)15-5-3-2-4-6-15/h2-13H,1H3,(H2,22,24). The number of hydrogen-bond donors (Lipinski definition) is 1. The molecule has 2 aromatic heterocycles. The normalized spacial score (nSPS) is 12.0. The van der Waals surface area contributed by atoms with Crippen LogP contribution in [-0.2, 0) is 0 Å². The van der Waals surface area contributed by atoms with E-state index in [-0.39, 0.29) is 5.84 Å². The van der Waals surface area contributed by atoms with Crippen LogP contribution in [0, 0.1) is 6.92 Å². The SMILES string of the molecule is Cc1ccc(-c2cc(C(N)=NN=Cc3cc(-c4ccccc4)on3)no2)cc1. The van der Waals surface area contributed by atoms with Crippen LogP contribution in [0.2, 0.25) is 0 Å². The Bertz CT molecular complexity index is 1130. The second-order valence-electron chi connectivity index (χ2n) is 6.15. The summed E-state index contributed by atoms with van der Waals surface area (Å²) in [6, 6.07) is 21.1. The molecule has 2 aromatic carbocycles. The third-order valence-electron chi connectivity index (χ3n) is 4.05. The van der Waals surface area contributed by atoms with E-state index >= 15 is 0 Å². The summed E-state index contributed by atoms with van der Waals surface area (Å²) in [7, 11) is 0. The topological polar surface area (TPSA) is 103 Å². The van der Waals surface area contributed by atoms with E-state index in [2.05, 4.69) is 20.5 Å². The van der Waals surface area contributed by atoms with Gasteiger partial charge in [0.05, 0.1) is 6.21 Å². The van der Waals surface area contributed by atoms with Gasteiger partial charge in [0.15, 0.2) is 23.1 Å². The summed E-state index contributed by atoms with van der Waals surface area (Å²) in [5, 5.41) is 15.8. The van der Waals surface area contributed by atoms with E-state index in [0.29, 0.717) is 22.9 Å². The van der Waals surface area contributed by atoms with Crippen LogP contribution in [0.5, 0.6) is 0 Å². The number of hydrogen-bond acceptors (Lipinski definition) is 6. The third kappa shape index (κ3) is 3.88. The van der Waals surface area contributed by atoms with Crippen molar-refractivity contribution < 1.29 is 9.05 Å². The zero-order chi connectivity index (χ0) is 19.3. The maximum Gasteiger partial charge on any atom is 0.175 e. The smallest absolute Gasteiger partial charge is 0.175 e. The Morgan fingerprint density at radius 1 is 0.893 bits per heavy atom. The molecule has 2 heterocycles. The van der Waals surface area contributed by atoms with Crippen molar-refractivity contribution in [1.29, 1.82) is 0 Å². The molecule has 0 aliphatic heterocycles. The molecule has 0 fully saturated rings. The lowest BCUT2D eigenvalue weighted by atomic mass is 10.1. The van der Waals surface area contributed by atoms with Crippen molar-refractivity contribution in [2.45, 2.75) is 6.92 Å². The maximum atomic E-state index is 5.94. The van der Waals surface area contributed by atoms with Crippen molar-refractivity contribution in [3.8, 4) is 22.6 Å². The van der Waals surface area contributed by atoms with E-state index in [1.54, 1.807) is 12.1 Å². The lowest BCUT2D eigenvalue weighted by Gasteiger charge is -1.95. The quantitative estimate of drug-likeness (QED) is 0.324. The van der Waals surface area contributed by atoms with Gasteiger partial charge in [0.25, 0.3) is 0 Å². The first kappa shape index (κ1) is 17.4. The maximum absolute atomic E-state index is 5.94. The highest BCUT2D eigenvalue weighted by Gasteiger charge is 2.10. The van der Waals surface area contributed by atoms with Gasteiger partial charge >= 0.3 is 0 Å². The fourth-order valence-corrected chi connectivity index (χ4v) is 2.54. The van der Waals surface area contributed by atoms with Gasteiger partial charge in [-0.2, -0.15) is 5.10 Å². The predicted molar refractivity (Wildman–Crippen MR) is 107 cm³/mol. The number of benzene rings is 2. The minimum atomic E-state index is 0.144. The van der Waals surface area contributed by atoms with Gasteiger partial charge in [-0.1, -0.05) is 70.5 Å². The molecule has 4 aromatic rings. The van der Waals surface area contributed by atoms with Gasteiger partial charge in [-0.05, 0) is 6.92 Å². The van der Waals surface area contributed by atoms with Crippen molar-refractivity contribution in [2.24, 2.45) is 15.9 Å². The first-order valence-electron chi connectivity index (χ1n) is 8.62. The number of nitrogens with two attached hydrogens (primary N) is 1. The molecule has 28 heavy (non-hydrogen) atoms. The number of rotatable bonds is 5. The Balaban J connectivity index is 1.46. The number of amidine groups is 1. The molecule has 0 radical (unpaired) electrons. The van der Waals surface area contributed by atoms with Crippen molar-refractivity contribution in [2.75, 3.05) is 0 Å². The fourth-order valence-electron chi connectivity index (χ4n) is 2.54. The molecule has 7 nitrogen and oxygen atoms in total. The van der Waals surface area contributed by atoms with Crippen molar-refractivity contribution in [3.05, 3.63) is 83.7 Å². The largest absolute Gasteiger partial charge is 0.380 e. The minimum Gasteiger partial charge on any atom is -0.380 e. The van der Waals surface area contributed by atoms with Crippen molar-refractivity contribution >= 4 is 12.1 Å². The van der Waals surface area contributed by atoms with E-state index < -0.39 is 0 Å². The van der Waals surface area contributed by atoms with Gasteiger partial charge in [0, 0.05) is 23.3 Å². The van der Waals surface area contributed by atoms with Crippen LogP contribution in [0.4, 0.5) is 0 Å². The Kier molecular flexibility index (Phi) is 4.79. The molecule has 0 aliphatic carbocycles. The number of aromatic nitrogens is 2. The molecule has 138 valence electrons. The van der Waals surface area contributed by atoms with Gasteiger partial charge in [-0.15, -0.1) is 5.10 Å². The molecule has 7 heteroatoms. The summed E-state index contributed by atoms with van der Waals surface area (Å²) in [6.45, 7) is 2.02. The van der Waals surface area contributed by atoms with Gasteiger partial charge in [-0.25, -0.2) is 0 Å². The number of aryl methyl sites for hydroxylation is 1. The molecule has 0 bridgehead atoms. The van der Waals surface area contributed by atoms with Crippen LogP contribution >= 0.6 is 0 Å². The van der Waals surface area contributed by atoms with Gasteiger partial charge in [0.2, 0.25) is 0 Å². The summed E-state index contributed by atoms with van der Waals surface area (Å²) < 4.78 is 10.6. The van der Waals surface area contributed by atoms with Crippen LogP contribution in [-0.4, -0.2) is 22.4 Å². The fraction of sp³-hybridized carbons (Fsp3) is 0.0476. The van der Waals surface area contributed by atoms with Crippen molar-refractivity contribution in [1.82, 2.24) is 10.3 Å². The molecular weight excluding hydrogens is 354 g/mol. The first-order chi connectivity index (χ1) is 13.7. The molecule has 0 unspecified atom stereocenters. The van der Waals surface area contributed by atoms with E-state index in [1.807, 2.05) is 61.5 Å². The van der Waals surface area contributed by atoms with Gasteiger partial charge in [-0.3, -0.25) is 0 Å². The third-order valence-corrected chi connectivity index (χ3v) is 4.05. The van der Waals surface area contributed by atoms with Gasteiger partial charge in [0.1, 0.15) is 5.69 Å². The second-order valence-corrected chi connectivity index (χ2v) is 6.15. The summed E-state index contributed by atoms with van der Waals surface area (Å²) in [4.78, 5) is 0. The highest BCUT2D eigenvalue weighted by Crippen LogP contribution is 2.21. The zero-order valence-corrected chi connectivity index (χ0v) is 15.1. The van der Waals surface area contributed by atoms with E-state index in [1.165, 1.54) is 11.8 Å². The molecular formula is C21H17N5O2. The highest BCUT2D eigenvalue weighted by atomic mass is 16.5. The molecule has 4 rings (SSSR count). The van der Waals surface area contributed by atoms with E-state index in [4.69, 9.17) is 14.8 Å². The summed E-state index contributed by atoms with van der Waals surface area (Å²) >= 11 is 0. The molecule has 0 saturated carbocycles. The molecule has 0 aliphatic rings. The van der Waals surface area contributed by atoms with Crippen LogP contribution in [0.3, 0.4) is 0 Å². The average Bonchev–Trinajstić information content (AvgIpc) is 3.39. The van der Waals surface area contributed by atoms with E-state index in [0.717, 1.165) is 11.1 Å². The Morgan fingerprint density at radius 2 is 1.57 bits per heavy atom. The summed E-state index contributed by atoms with van der Waals surface area (Å²) in [6.07, 6.45) is 1.46. The molecule has 0 saturated heterocycles. The van der Waals surface area contributed by atoms with Crippen LogP contribution in [0.1, 0.15) is 17.0 Å². The molecule has 0 spiro atoms. The molecule has 0 amide bonds. The van der Waals surface area contributed by atoms with Crippen LogP contribution in [0.15, 0.2) is 86.0 Å². The van der Waals surface area contributed by atoms with Crippen LogP contribution in [0.25, 0.3) is 22.6 Å².